The molecule has 0 aromatic heterocycles. The van der Waals surface area contributed by atoms with Gasteiger partial charge in [-0.2, -0.15) is 5.26 Å². The molecular weight excluding hydrogens is 312 g/mol. The van der Waals surface area contributed by atoms with Crippen LogP contribution in [0.5, 0.6) is 0 Å². The molecule has 1 aliphatic carbocycles. The molecular formula is C17H23ClN4O. The van der Waals surface area contributed by atoms with Crippen LogP contribution in [0.4, 0.5) is 4.79 Å². The molecule has 6 heteroatoms. The van der Waals surface area contributed by atoms with E-state index in [1.165, 1.54) is 0 Å². The van der Waals surface area contributed by atoms with Crippen molar-refractivity contribution in [2.75, 3.05) is 27.2 Å². The molecule has 1 atom stereocenters. The summed E-state index contributed by atoms with van der Waals surface area (Å²) in [7, 11) is 3.93. The van der Waals surface area contributed by atoms with E-state index in [0.717, 1.165) is 18.4 Å². The molecule has 5 nitrogen and oxygen atoms in total. The number of carbonyl (C=O) groups is 1. The van der Waals surface area contributed by atoms with Crippen molar-refractivity contribution < 1.29 is 4.79 Å². The Morgan fingerprint density at radius 3 is 2.57 bits per heavy atom. The molecule has 2 rings (SSSR count). The molecule has 1 aliphatic rings. The molecule has 1 fully saturated rings. The van der Waals surface area contributed by atoms with Gasteiger partial charge in [0.2, 0.25) is 0 Å². The number of amides is 2. The maximum Gasteiger partial charge on any atom is 0.315 e. The molecule has 0 unspecified atom stereocenters. The van der Waals surface area contributed by atoms with Gasteiger partial charge in [0.15, 0.2) is 0 Å². The van der Waals surface area contributed by atoms with E-state index < -0.39 is 0 Å². The molecule has 1 aromatic rings. The number of urea groups is 1. The number of rotatable bonds is 7. The van der Waals surface area contributed by atoms with E-state index in [-0.39, 0.29) is 17.5 Å². The van der Waals surface area contributed by atoms with Crippen molar-refractivity contribution in [3.8, 4) is 6.07 Å². The van der Waals surface area contributed by atoms with Gasteiger partial charge in [-0.05, 0) is 44.6 Å². The van der Waals surface area contributed by atoms with Crippen molar-refractivity contribution in [3.63, 3.8) is 0 Å². The Morgan fingerprint density at radius 2 is 2.04 bits per heavy atom. The highest BCUT2D eigenvalue weighted by molar-refractivity contribution is 6.30. The number of nitrogens with zero attached hydrogens (tertiary/aromatic N) is 2. The van der Waals surface area contributed by atoms with Crippen molar-refractivity contribution in [1.82, 2.24) is 15.5 Å². The average molecular weight is 335 g/mol. The van der Waals surface area contributed by atoms with Gasteiger partial charge in [-0.1, -0.05) is 23.7 Å². The lowest BCUT2D eigenvalue weighted by atomic mass is 10.0. The first kappa shape index (κ1) is 17.6. The number of nitrogens with one attached hydrogen (secondary N) is 2. The second-order valence-corrected chi connectivity index (χ2v) is 6.96. The Kier molecular flexibility index (Phi) is 5.86. The summed E-state index contributed by atoms with van der Waals surface area (Å²) in [5.41, 5.74) is 1.01. The highest BCUT2D eigenvalue weighted by atomic mass is 35.5. The molecule has 0 heterocycles. The van der Waals surface area contributed by atoms with Crippen molar-refractivity contribution in [1.29, 1.82) is 5.26 Å². The van der Waals surface area contributed by atoms with Crippen molar-refractivity contribution in [2.24, 2.45) is 5.41 Å². The van der Waals surface area contributed by atoms with Crippen LogP contribution in [0.3, 0.4) is 0 Å². The van der Waals surface area contributed by atoms with Crippen LogP contribution in [0, 0.1) is 16.7 Å². The van der Waals surface area contributed by atoms with Crippen LogP contribution in [0.25, 0.3) is 0 Å². The lowest BCUT2D eigenvalue weighted by molar-refractivity contribution is 0.230. The van der Waals surface area contributed by atoms with Crippen LogP contribution in [0.2, 0.25) is 5.02 Å². The Morgan fingerprint density at radius 1 is 1.39 bits per heavy atom. The van der Waals surface area contributed by atoms with Gasteiger partial charge in [0.05, 0.1) is 12.1 Å². The zero-order chi connectivity index (χ0) is 16.9. The maximum absolute atomic E-state index is 12.2. The molecule has 23 heavy (non-hydrogen) atoms. The lowest BCUT2D eigenvalue weighted by Gasteiger charge is -2.23. The fourth-order valence-corrected chi connectivity index (χ4v) is 2.66. The monoisotopic (exact) mass is 334 g/mol. The molecule has 1 aromatic carbocycles. The highest BCUT2D eigenvalue weighted by Crippen LogP contribution is 2.47. The second-order valence-electron chi connectivity index (χ2n) is 6.53. The minimum absolute atomic E-state index is 0.00338. The second kappa shape index (κ2) is 7.67. The van der Waals surface area contributed by atoms with Gasteiger partial charge >= 0.3 is 6.03 Å². The van der Waals surface area contributed by atoms with Crippen molar-refractivity contribution in [3.05, 3.63) is 34.9 Å². The number of carbonyl (C=O) groups excluding carboxylic acids is 1. The lowest BCUT2D eigenvalue weighted by Crippen LogP contribution is -2.43. The summed E-state index contributed by atoms with van der Waals surface area (Å²) >= 11 is 5.93. The first-order valence-electron chi connectivity index (χ1n) is 7.76. The first-order valence-corrected chi connectivity index (χ1v) is 8.13. The third-order valence-corrected chi connectivity index (χ3v) is 4.41. The smallest absolute Gasteiger partial charge is 0.315 e. The van der Waals surface area contributed by atoms with Gasteiger partial charge in [-0.3, -0.25) is 0 Å². The van der Waals surface area contributed by atoms with Crippen molar-refractivity contribution in [2.45, 2.75) is 25.3 Å². The number of hydrogen-bond acceptors (Lipinski definition) is 3. The van der Waals surface area contributed by atoms with E-state index in [1.807, 2.05) is 43.3 Å². The van der Waals surface area contributed by atoms with E-state index in [9.17, 15) is 4.79 Å². The minimum Gasteiger partial charge on any atom is -0.338 e. The standard InChI is InChI=1S/C17H23ClN4O/c1-22(2)11-15(13-3-5-14(18)6-4-13)21-16(23)20-12-17(7-8-17)9-10-19/h3-6,15H,7-9,11-12H2,1-2H3,(H2,20,21,23)/t15-/m1/s1. The van der Waals surface area contributed by atoms with Crippen LogP contribution in [-0.2, 0) is 0 Å². The molecule has 2 N–H and O–H groups in total. The van der Waals surface area contributed by atoms with E-state index in [4.69, 9.17) is 16.9 Å². The number of halogens is 1. The van der Waals surface area contributed by atoms with E-state index in [2.05, 4.69) is 16.7 Å². The van der Waals surface area contributed by atoms with Gasteiger partial charge in [0.25, 0.3) is 0 Å². The molecule has 0 radical (unpaired) electrons. The van der Waals surface area contributed by atoms with E-state index >= 15 is 0 Å². The zero-order valence-electron chi connectivity index (χ0n) is 13.6. The summed E-state index contributed by atoms with van der Waals surface area (Å²) in [6.45, 7) is 1.25. The number of likely N-dealkylation sites (N-methyl/N-ethyl adjacent to an activating group) is 1. The third-order valence-electron chi connectivity index (χ3n) is 4.16. The highest BCUT2D eigenvalue weighted by Gasteiger charge is 2.42. The predicted molar refractivity (Wildman–Crippen MR) is 91.2 cm³/mol. The number of hydrogen-bond donors (Lipinski definition) is 2. The van der Waals surface area contributed by atoms with Gasteiger partial charge in [-0.15, -0.1) is 0 Å². The van der Waals surface area contributed by atoms with Crippen LogP contribution < -0.4 is 10.6 Å². The zero-order valence-corrected chi connectivity index (χ0v) is 14.4. The predicted octanol–water partition coefficient (Wildman–Crippen LogP) is 2.94. The average Bonchev–Trinajstić information content (AvgIpc) is 3.25. The van der Waals surface area contributed by atoms with Gasteiger partial charge in [-0.25, -0.2) is 4.79 Å². The van der Waals surface area contributed by atoms with Gasteiger partial charge in [0.1, 0.15) is 0 Å². The largest absolute Gasteiger partial charge is 0.338 e. The van der Waals surface area contributed by atoms with Gasteiger partial charge < -0.3 is 15.5 Å². The Balaban J connectivity index is 1.93. The van der Waals surface area contributed by atoms with Crippen LogP contribution >= 0.6 is 11.6 Å². The Labute approximate surface area is 142 Å². The summed E-state index contributed by atoms with van der Waals surface area (Å²) in [5, 5.41) is 15.4. The maximum atomic E-state index is 12.2. The van der Waals surface area contributed by atoms with Crippen molar-refractivity contribution >= 4 is 17.6 Å². The topological polar surface area (TPSA) is 68.2 Å². The van der Waals surface area contributed by atoms with Crippen LogP contribution in [-0.4, -0.2) is 38.1 Å². The summed E-state index contributed by atoms with van der Waals surface area (Å²) in [6, 6.07) is 9.39. The van der Waals surface area contributed by atoms with E-state index in [0.29, 0.717) is 24.5 Å². The SMILES string of the molecule is CN(C)C[C@@H](NC(=O)NCC1(CC#N)CC1)c1ccc(Cl)cc1. The van der Waals surface area contributed by atoms with Crippen LogP contribution in [0.15, 0.2) is 24.3 Å². The van der Waals surface area contributed by atoms with Gasteiger partial charge in [0, 0.05) is 29.9 Å². The normalized spacial score (nSPS) is 16.5. The molecule has 0 bridgehead atoms. The first-order chi connectivity index (χ1) is 10.9. The summed E-state index contributed by atoms with van der Waals surface area (Å²) < 4.78 is 0. The molecule has 124 valence electrons. The Bertz CT molecular complexity index is 575. The fourth-order valence-electron chi connectivity index (χ4n) is 2.53. The summed E-state index contributed by atoms with van der Waals surface area (Å²) in [5.74, 6) is 0. The summed E-state index contributed by atoms with van der Waals surface area (Å²) in [4.78, 5) is 14.2. The fraction of sp³-hybridized carbons (Fsp3) is 0.529. The molecule has 0 spiro atoms. The molecule has 2 amide bonds. The Hall–Kier alpha value is -1.77. The molecule has 0 saturated heterocycles. The van der Waals surface area contributed by atoms with Crippen LogP contribution in [0.1, 0.15) is 30.9 Å². The minimum atomic E-state index is -0.198. The number of nitriles is 1. The number of benzene rings is 1. The van der Waals surface area contributed by atoms with E-state index in [1.54, 1.807) is 0 Å². The molecule has 1 saturated carbocycles. The third kappa shape index (κ3) is 5.42. The quantitative estimate of drug-likeness (QED) is 0.805. The summed E-state index contributed by atoms with van der Waals surface area (Å²) in [6.07, 6.45) is 2.53. The molecule has 0 aliphatic heterocycles.